The van der Waals surface area contributed by atoms with E-state index in [4.69, 9.17) is 28.0 Å². The van der Waals surface area contributed by atoms with Gasteiger partial charge in [0.2, 0.25) is 5.52 Å². The molecular weight excluding hydrogens is 739 g/mol. The van der Waals surface area contributed by atoms with Gasteiger partial charge in [0.05, 0.1) is 60.6 Å². The number of carbonyl (C=O) groups excluding carboxylic acids is 3. The van der Waals surface area contributed by atoms with Crippen LogP contribution in [-0.4, -0.2) is 100.0 Å². The van der Waals surface area contributed by atoms with Gasteiger partial charge in [0, 0.05) is 39.2 Å². The van der Waals surface area contributed by atoms with Gasteiger partial charge < -0.3 is 28.0 Å². The van der Waals surface area contributed by atoms with Gasteiger partial charge in [-0.1, -0.05) is 78.4 Å². The van der Waals surface area contributed by atoms with Crippen molar-refractivity contribution in [2.75, 3.05) is 82.5 Å². The summed E-state index contributed by atoms with van der Waals surface area (Å²) >= 11 is 3.28. The molecule has 0 radical (unpaired) electrons. The lowest BCUT2D eigenvalue weighted by atomic mass is 10.0. The minimum absolute atomic E-state index is 0.0362. The number of benzene rings is 3. The van der Waals surface area contributed by atoms with Gasteiger partial charge in [0.25, 0.3) is 0 Å². The van der Waals surface area contributed by atoms with Crippen LogP contribution in [0.2, 0.25) is 0 Å². The summed E-state index contributed by atoms with van der Waals surface area (Å²) in [6.07, 6.45) is 0.657. The smallest absolute Gasteiger partial charge is 0.306 e. The van der Waals surface area contributed by atoms with E-state index >= 15 is 0 Å². The molecule has 0 amide bonds. The number of esters is 2. The average molecular weight is 791 g/mol. The molecule has 0 bridgehead atoms. The lowest BCUT2D eigenvalue weighted by Gasteiger charge is -2.19. The first-order chi connectivity index (χ1) is 25.3. The molecule has 0 aliphatic heterocycles. The predicted octanol–water partition coefficient (Wildman–Crippen LogP) is 7.23. The van der Waals surface area contributed by atoms with Crippen LogP contribution in [0.15, 0.2) is 72.8 Å². The molecule has 9 nitrogen and oxygen atoms in total. The highest BCUT2D eigenvalue weighted by Crippen LogP contribution is 2.41. The Morgan fingerprint density at radius 2 is 1.06 bits per heavy atom. The maximum atomic E-state index is 13.6. The van der Waals surface area contributed by atoms with Gasteiger partial charge in [0.1, 0.15) is 21.4 Å². The van der Waals surface area contributed by atoms with Crippen molar-refractivity contribution in [3.63, 3.8) is 0 Å². The van der Waals surface area contributed by atoms with Gasteiger partial charge in [0.15, 0.2) is 0 Å². The SMILES string of the molecule is Cc1cc(C)c(C(=O)P(OCCOC(=O)CCSCCOCCOCCSCCC(=O)OCCOP(C)c2ccccc2)c2ccccc2)c(C)c1. The maximum absolute atomic E-state index is 13.6. The highest BCUT2D eigenvalue weighted by molar-refractivity contribution is 7.99. The normalized spacial score (nSPS) is 12.3. The maximum Gasteiger partial charge on any atom is 0.306 e. The molecule has 0 saturated heterocycles. The van der Waals surface area contributed by atoms with E-state index in [0.717, 1.165) is 38.8 Å². The fourth-order valence-corrected chi connectivity index (χ4v) is 9.32. The summed E-state index contributed by atoms with van der Waals surface area (Å²) in [6.45, 7) is 11.0. The Morgan fingerprint density at radius 3 is 1.58 bits per heavy atom. The lowest BCUT2D eigenvalue weighted by Crippen LogP contribution is -2.16. The third-order valence-electron chi connectivity index (χ3n) is 7.40. The summed E-state index contributed by atoms with van der Waals surface area (Å²) in [5, 5.41) is 1.99. The van der Waals surface area contributed by atoms with Gasteiger partial charge in [-0.15, -0.1) is 0 Å². The summed E-state index contributed by atoms with van der Waals surface area (Å²) in [4.78, 5) is 37.8. The minimum Gasteiger partial charge on any atom is -0.463 e. The molecule has 0 aliphatic rings. The fraction of sp³-hybridized carbons (Fsp3) is 0.462. The minimum atomic E-state index is -1.58. The quantitative estimate of drug-likeness (QED) is 0.0444. The first kappa shape index (κ1) is 44.1. The average Bonchev–Trinajstić information content (AvgIpc) is 3.13. The molecule has 3 aromatic rings. The van der Waals surface area contributed by atoms with E-state index in [-0.39, 0.29) is 37.3 Å². The van der Waals surface area contributed by atoms with E-state index in [9.17, 15) is 14.4 Å². The van der Waals surface area contributed by atoms with Crippen molar-refractivity contribution in [3.8, 4) is 0 Å². The van der Waals surface area contributed by atoms with Crippen LogP contribution in [-0.2, 0) is 37.6 Å². The Balaban J connectivity index is 1.12. The largest absolute Gasteiger partial charge is 0.463 e. The van der Waals surface area contributed by atoms with Crippen molar-refractivity contribution < 1.29 is 42.4 Å². The van der Waals surface area contributed by atoms with Gasteiger partial charge >= 0.3 is 11.9 Å². The Morgan fingerprint density at radius 1 is 0.577 bits per heavy atom. The summed E-state index contributed by atoms with van der Waals surface area (Å²) in [5.74, 6) is 2.38. The standard InChI is InChI=1S/C39H52O9P2S2/c1-31-29-32(2)38(33(3)30-31)39(42)50(35-13-9-6-10-14-35)48-22-20-46-37(41)16-26-52-28-24-44-18-17-43-23-27-51-25-15-36(40)45-19-21-47-49(4)34-11-7-5-8-12-34/h5-14,29-30H,15-28H2,1-4H3. The van der Waals surface area contributed by atoms with Crippen molar-refractivity contribution in [2.45, 2.75) is 33.6 Å². The third kappa shape index (κ3) is 17.7. The molecule has 2 atom stereocenters. The summed E-state index contributed by atoms with van der Waals surface area (Å²) < 4.78 is 33.7. The van der Waals surface area contributed by atoms with Gasteiger partial charge in [-0.2, -0.15) is 23.5 Å². The lowest BCUT2D eigenvalue weighted by molar-refractivity contribution is -0.144. The van der Waals surface area contributed by atoms with Gasteiger partial charge in [-0.05, 0) is 38.6 Å². The van der Waals surface area contributed by atoms with Crippen LogP contribution in [0.25, 0.3) is 0 Å². The zero-order valence-electron chi connectivity index (χ0n) is 30.7. The van der Waals surface area contributed by atoms with Crippen molar-refractivity contribution in [1.82, 2.24) is 0 Å². The zero-order chi connectivity index (χ0) is 37.4. The van der Waals surface area contributed by atoms with E-state index < -0.39 is 16.3 Å². The molecule has 0 aliphatic carbocycles. The molecule has 13 heteroatoms. The van der Waals surface area contributed by atoms with Gasteiger partial charge in [-0.25, -0.2) is 0 Å². The third-order valence-corrected chi connectivity index (χ3v) is 12.7. The molecule has 2 unspecified atom stereocenters. The fourth-order valence-electron chi connectivity index (χ4n) is 4.98. The number of aryl methyl sites for hydroxylation is 3. The summed E-state index contributed by atoms with van der Waals surface area (Å²) in [5.41, 5.74) is 3.64. The van der Waals surface area contributed by atoms with Crippen molar-refractivity contribution in [3.05, 3.63) is 95.1 Å². The number of carbonyl (C=O) groups is 3. The number of ether oxygens (including phenoxy) is 4. The predicted molar refractivity (Wildman–Crippen MR) is 216 cm³/mol. The molecule has 0 spiro atoms. The zero-order valence-corrected chi connectivity index (χ0v) is 34.1. The second-order valence-electron chi connectivity index (χ2n) is 11.6. The van der Waals surface area contributed by atoms with Crippen LogP contribution < -0.4 is 10.6 Å². The molecule has 0 fully saturated rings. The van der Waals surface area contributed by atoms with Crippen LogP contribution in [0.4, 0.5) is 0 Å². The van der Waals surface area contributed by atoms with Crippen LogP contribution in [0.5, 0.6) is 0 Å². The molecule has 0 heterocycles. The monoisotopic (exact) mass is 790 g/mol. The van der Waals surface area contributed by atoms with Crippen molar-refractivity contribution in [2.24, 2.45) is 0 Å². The second-order valence-corrected chi connectivity index (χ2v) is 17.6. The van der Waals surface area contributed by atoms with E-state index in [1.807, 2.05) is 100 Å². The van der Waals surface area contributed by atoms with E-state index in [2.05, 4.69) is 0 Å². The van der Waals surface area contributed by atoms with Crippen LogP contribution in [0, 0.1) is 20.8 Å². The molecule has 52 heavy (non-hydrogen) atoms. The van der Waals surface area contributed by atoms with Crippen molar-refractivity contribution in [1.29, 1.82) is 0 Å². The molecular formula is C39H52O9P2S2. The molecule has 0 N–H and O–H groups in total. The Kier molecular flexibility index (Phi) is 22.4. The van der Waals surface area contributed by atoms with E-state index in [0.29, 0.717) is 62.9 Å². The number of hydrogen-bond donors (Lipinski definition) is 0. The van der Waals surface area contributed by atoms with Crippen LogP contribution >= 0.6 is 39.8 Å². The van der Waals surface area contributed by atoms with Gasteiger partial charge in [-0.3, -0.25) is 14.4 Å². The Hall–Kier alpha value is -2.33. The van der Waals surface area contributed by atoms with E-state index in [1.165, 1.54) is 0 Å². The van der Waals surface area contributed by atoms with E-state index in [1.54, 1.807) is 23.5 Å². The molecule has 0 saturated carbocycles. The molecule has 3 aromatic carbocycles. The summed E-state index contributed by atoms with van der Waals surface area (Å²) in [7, 11) is -2.28. The molecule has 3 rings (SSSR count). The number of rotatable bonds is 27. The number of hydrogen-bond acceptors (Lipinski definition) is 11. The summed E-state index contributed by atoms with van der Waals surface area (Å²) in [6, 6.07) is 23.6. The highest BCUT2D eigenvalue weighted by Gasteiger charge is 2.26. The van der Waals surface area contributed by atoms with Crippen LogP contribution in [0.1, 0.15) is 39.9 Å². The topological polar surface area (TPSA) is 107 Å². The first-order valence-corrected chi connectivity index (χ1v) is 22.7. The Labute approximate surface area is 320 Å². The van der Waals surface area contributed by atoms with Crippen molar-refractivity contribution >= 4 is 67.9 Å². The second kappa shape index (κ2) is 26.4. The first-order valence-electron chi connectivity index (χ1n) is 17.4. The molecule has 284 valence electrons. The number of thioether (sulfide) groups is 2. The highest BCUT2D eigenvalue weighted by atomic mass is 32.2. The van der Waals surface area contributed by atoms with Crippen LogP contribution in [0.3, 0.4) is 0 Å². The Bertz CT molecular complexity index is 1460. The molecule has 0 aromatic heterocycles.